The number of rotatable bonds is 9. The van der Waals surface area contributed by atoms with E-state index < -0.39 is 60.2 Å². The van der Waals surface area contributed by atoms with Crippen LogP contribution >= 0.6 is 0 Å². The lowest BCUT2D eigenvalue weighted by molar-refractivity contribution is -0.233. The average molecular weight is 625 g/mol. The van der Waals surface area contributed by atoms with Crippen molar-refractivity contribution in [1.82, 2.24) is 0 Å². The van der Waals surface area contributed by atoms with Crippen LogP contribution in [0.2, 0.25) is 0 Å². The van der Waals surface area contributed by atoms with Crippen molar-refractivity contribution in [2.75, 3.05) is 41.2 Å². The molecule has 4 N–H and O–H groups in total. The van der Waals surface area contributed by atoms with E-state index in [1.807, 2.05) is 6.07 Å². The summed E-state index contributed by atoms with van der Waals surface area (Å²) in [4.78, 5) is 13.4. The summed E-state index contributed by atoms with van der Waals surface area (Å²) < 4.78 is 40.5. The Kier molecular flexibility index (Phi) is 8.37. The van der Waals surface area contributed by atoms with Crippen molar-refractivity contribution in [3.8, 4) is 23.0 Å². The van der Waals surface area contributed by atoms with E-state index in [1.165, 1.54) is 33.5 Å². The minimum atomic E-state index is -2.22. The van der Waals surface area contributed by atoms with Gasteiger partial charge in [-0.3, -0.25) is 4.79 Å². The van der Waals surface area contributed by atoms with Crippen LogP contribution in [-0.4, -0.2) is 92.1 Å². The summed E-state index contributed by atoms with van der Waals surface area (Å²) in [7, 11) is 4.17. The first kappa shape index (κ1) is 31.1. The molecule has 0 amide bonds. The maximum absolute atomic E-state index is 13.4. The van der Waals surface area contributed by atoms with E-state index in [4.69, 9.17) is 33.2 Å². The molecule has 0 bridgehead atoms. The largest absolute Gasteiger partial charge is 0.497 e. The van der Waals surface area contributed by atoms with E-state index in [2.05, 4.69) is 0 Å². The molecule has 1 saturated carbocycles. The highest BCUT2D eigenvalue weighted by Gasteiger charge is 2.78. The molecule has 2 heterocycles. The third-order valence-electron chi connectivity index (χ3n) is 8.94. The van der Waals surface area contributed by atoms with Crippen LogP contribution in [0.5, 0.6) is 23.0 Å². The molecule has 45 heavy (non-hydrogen) atoms. The number of carbonyl (C=O) groups is 1. The lowest BCUT2D eigenvalue weighted by atomic mass is 9.70. The second-order valence-corrected chi connectivity index (χ2v) is 11.2. The first-order chi connectivity index (χ1) is 21.7. The Bertz CT molecular complexity index is 1510. The summed E-state index contributed by atoms with van der Waals surface area (Å²) in [5.41, 5.74) is -2.75. The fourth-order valence-corrected chi connectivity index (χ4v) is 6.94. The van der Waals surface area contributed by atoms with Crippen molar-refractivity contribution in [1.29, 1.82) is 0 Å². The third-order valence-corrected chi connectivity index (χ3v) is 8.94. The van der Waals surface area contributed by atoms with Gasteiger partial charge in [0.2, 0.25) is 6.29 Å². The molecule has 8 atom stereocenters. The second-order valence-electron chi connectivity index (χ2n) is 11.2. The molecule has 3 aromatic carbocycles. The van der Waals surface area contributed by atoms with Crippen LogP contribution in [0.3, 0.4) is 0 Å². The van der Waals surface area contributed by atoms with E-state index in [0.717, 1.165) is 0 Å². The first-order valence-corrected chi connectivity index (χ1v) is 14.5. The van der Waals surface area contributed by atoms with Crippen molar-refractivity contribution in [2.24, 2.45) is 5.92 Å². The quantitative estimate of drug-likeness (QED) is 0.255. The van der Waals surface area contributed by atoms with Gasteiger partial charge in [-0.2, -0.15) is 0 Å². The molecule has 0 unspecified atom stereocenters. The number of benzene rings is 3. The highest BCUT2D eigenvalue weighted by Crippen LogP contribution is 2.70. The van der Waals surface area contributed by atoms with E-state index >= 15 is 0 Å². The number of esters is 1. The summed E-state index contributed by atoms with van der Waals surface area (Å²) in [6.07, 6.45) is -4.61. The zero-order chi connectivity index (χ0) is 31.9. The molecular formula is C33H36O12. The van der Waals surface area contributed by atoms with Gasteiger partial charge in [0.15, 0.2) is 11.2 Å². The Morgan fingerprint density at radius 2 is 1.73 bits per heavy atom. The summed E-state index contributed by atoms with van der Waals surface area (Å²) in [5.74, 6) is -1.83. The van der Waals surface area contributed by atoms with Crippen LogP contribution in [0.15, 0.2) is 66.7 Å². The number of ether oxygens (including phenoxy) is 7. The number of hydrogen-bond donors (Lipinski definition) is 4. The molecule has 12 nitrogen and oxygen atoms in total. The summed E-state index contributed by atoms with van der Waals surface area (Å²) in [5, 5.41) is 44.4. The Hall–Kier alpha value is -3.91. The summed E-state index contributed by atoms with van der Waals surface area (Å²) in [6.45, 7) is -0.384. The van der Waals surface area contributed by atoms with Gasteiger partial charge in [-0.1, -0.05) is 42.5 Å². The van der Waals surface area contributed by atoms with Gasteiger partial charge in [0.25, 0.3) is 0 Å². The molecule has 3 aromatic rings. The predicted molar refractivity (Wildman–Crippen MR) is 156 cm³/mol. The summed E-state index contributed by atoms with van der Waals surface area (Å²) >= 11 is 0. The Morgan fingerprint density at radius 1 is 1.00 bits per heavy atom. The molecule has 3 aliphatic rings. The number of hydrogen-bond acceptors (Lipinski definition) is 12. The van der Waals surface area contributed by atoms with Gasteiger partial charge in [-0.15, -0.1) is 0 Å². The Balaban J connectivity index is 1.52. The molecule has 2 aliphatic heterocycles. The molecule has 2 fully saturated rings. The highest BCUT2D eigenvalue weighted by molar-refractivity contribution is 5.78. The fourth-order valence-electron chi connectivity index (χ4n) is 6.94. The maximum Gasteiger partial charge on any atom is 0.312 e. The molecule has 1 saturated heterocycles. The second kappa shape index (κ2) is 12.1. The normalized spacial score (nSPS) is 30.9. The van der Waals surface area contributed by atoms with Crippen molar-refractivity contribution in [3.63, 3.8) is 0 Å². The van der Waals surface area contributed by atoms with Gasteiger partial charge in [0.1, 0.15) is 47.9 Å². The number of aliphatic hydroxyl groups is 4. The minimum Gasteiger partial charge on any atom is -0.497 e. The van der Waals surface area contributed by atoms with Crippen LogP contribution in [0, 0.1) is 5.92 Å². The van der Waals surface area contributed by atoms with Gasteiger partial charge >= 0.3 is 5.97 Å². The zero-order valence-electron chi connectivity index (χ0n) is 25.0. The van der Waals surface area contributed by atoms with Gasteiger partial charge in [0, 0.05) is 18.1 Å². The smallest absolute Gasteiger partial charge is 0.312 e. The van der Waals surface area contributed by atoms with Crippen LogP contribution in [0.1, 0.15) is 22.6 Å². The third kappa shape index (κ3) is 4.80. The van der Waals surface area contributed by atoms with E-state index in [9.17, 15) is 25.2 Å². The topological polar surface area (TPSA) is 163 Å². The monoisotopic (exact) mass is 624 g/mol. The molecule has 0 aromatic heterocycles. The lowest BCUT2D eigenvalue weighted by Gasteiger charge is -2.40. The van der Waals surface area contributed by atoms with Crippen LogP contribution in [0.25, 0.3) is 0 Å². The number of methoxy groups -OCH3 is 3. The van der Waals surface area contributed by atoms with Gasteiger partial charge < -0.3 is 53.6 Å². The van der Waals surface area contributed by atoms with Crippen molar-refractivity contribution >= 4 is 5.97 Å². The first-order valence-electron chi connectivity index (χ1n) is 14.5. The highest BCUT2D eigenvalue weighted by atomic mass is 16.7. The average Bonchev–Trinajstić information content (AvgIpc) is 3.46. The van der Waals surface area contributed by atoms with E-state index in [-0.39, 0.29) is 36.0 Å². The van der Waals surface area contributed by atoms with Crippen molar-refractivity contribution in [3.05, 3.63) is 83.4 Å². The molecule has 0 spiro atoms. The molecule has 1 aliphatic carbocycles. The van der Waals surface area contributed by atoms with E-state index in [0.29, 0.717) is 16.9 Å². The minimum absolute atomic E-state index is 0.0459. The Morgan fingerprint density at radius 3 is 2.38 bits per heavy atom. The Labute approximate surface area is 259 Å². The SMILES string of the molecule is COC(=O)[C@H]1[C@@H](O)[C@@]2(O)c3c(OC)cc(O[C@H]4COC[C@H]([C@H](O)CO)O4)cc3O[C@@]2(c2ccc(OC)cc2)[C@@H]1c1ccccc1. The molecule has 0 radical (unpaired) electrons. The predicted octanol–water partition coefficient (Wildman–Crippen LogP) is 1.60. The standard InChI is InChI=1S/C33H36O12/c1-39-20-11-9-19(10-12-20)33-28(18-7-5-4-6-8-18)27(31(37)41-3)30(36)32(33,38)29-23(40-2)13-21(14-24(29)45-33)43-26-17-42-16-25(44-26)22(35)15-34/h4-14,22,25-28,30,34-36,38H,15-17H2,1-3H3/t22-,25-,26-,27-,28-,30-,32+,33+/m1/s1. The zero-order valence-corrected chi connectivity index (χ0v) is 25.0. The van der Waals surface area contributed by atoms with Crippen LogP contribution in [0.4, 0.5) is 0 Å². The van der Waals surface area contributed by atoms with Crippen LogP contribution in [-0.2, 0) is 30.2 Å². The van der Waals surface area contributed by atoms with Crippen LogP contribution < -0.4 is 18.9 Å². The molecule has 6 rings (SSSR count). The number of carbonyl (C=O) groups excluding carboxylic acids is 1. The van der Waals surface area contributed by atoms with Gasteiger partial charge in [-0.05, 0) is 23.3 Å². The molecular weight excluding hydrogens is 588 g/mol. The fraction of sp³-hybridized carbons (Fsp3) is 0.424. The van der Waals surface area contributed by atoms with E-state index in [1.54, 1.807) is 48.5 Å². The van der Waals surface area contributed by atoms with Crippen molar-refractivity contribution in [2.45, 2.75) is 41.7 Å². The number of aliphatic hydroxyl groups excluding tert-OH is 3. The summed E-state index contributed by atoms with van der Waals surface area (Å²) in [6, 6.07) is 19.0. The van der Waals surface area contributed by atoms with Crippen molar-refractivity contribution < 1.29 is 58.4 Å². The molecule has 12 heteroatoms. The number of fused-ring (bicyclic) bond motifs is 3. The maximum atomic E-state index is 13.4. The van der Waals surface area contributed by atoms with Gasteiger partial charge in [0.05, 0.1) is 46.0 Å². The van der Waals surface area contributed by atoms with Gasteiger partial charge in [-0.25, -0.2) is 0 Å². The lowest BCUT2D eigenvalue weighted by Crippen LogP contribution is -2.52. The molecule has 240 valence electrons.